The van der Waals surface area contributed by atoms with Crippen molar-refractivity contribution in [3.63, 3.8) is 0 Å². The van der Waals surface area contributed by atoms with Gasteiger partial charge < -0.3 is 19.5 Å². The summed E-state index contributed by atoms with van der Waals surface area (Å²) < 4.78 is 16.4. The van der Waals surface area contributed by atoms with Gasteiger partial charge in [-0.05, 0) is 68.8 Å². The molecule has 2 N–H and O–H groups in total. The van der Waals surface area contributed by atoms with E-state index in [1.165, 1.54) is 6.21 Å². The van der Waals surface area contributed by atoms with Crippen LogP contribution in [-0.2, 0) is 9.59 Å². The number of anilines is 1. The zero-order chi connectivity index (χ0) is 21.9. The van der Waals surface area contributed by atoms with Crippen molar-refractivity contribution in [1.82, 2.24) is 5.43 Å². The van der Waals surface area contributed by atoms with Crippen LogP contribution in [-0.4, -0.2) is 37.8 Å². The van der Waals surface area contributed by atoms with Crippen LogP contribution in [0.25, 0.3) is 0 Å². The molecule has 2 rings (SSSR count). The molecule has 0 aliphatic carbocycles. The smallest absolute Gasteiger partial charge is 0.249 e. The van der Waals surface area contributed by atoms with Crippen molar-refractivity contribution in [3.05, 3.63) is 48.0 Å². The number of ether oxygens (including phenoxy) is 3. The Balaban J connectivity index is 1.88. The number of carbonyl (C=O) groups is 2. The Labute approximate surface area is 176 Å². The van der Waals surface area contributed by atoms with Gasteiger partial charge in [-0.1, -0.05) is 0 Å². The van der Waals surface area contributed by atoms with Crippen LogP contribution >= 0.6 is 0 Å². The third kappa shape index (κ3) is 7.46. The van der Waals surface area contributed by atoms with E-state index in [4.69, 9.17) is 14.2 Å². The fraction of sp³-hybridized carbons (Fsp3) is 0.318. The molecule has 0 heterocycles. The summed E-state index contributed by atoms with van der Waals surface area (Å²) in [4.78, 5) is 23.9. The number of hydrogen-bond acceptors (Lipinski definition) is 6. The molecule has 0 atom stereocenters. The van der Waals surface area contributed by atoms with Crippen LogP contribution < -0.4 is 25.0 Å². The molecule has 0 aromatic heterocycles. The molecule has 0 aliphatic rings. The average Bonchev–Trinajstić information content (AvgIpc) is 2.70. The van der Waals surface area contributed by atoms with E-state index in [-0.39, 0.29) is 12.5 Å². The summed E-state index contributed by atoms with van der Waals surface area (Å²) in [5, 5.41) is 6.54. The van der Waals surface area contributed by atoms with Crippen LogP contribution in [0, 0.1) is 0 Å². The predicted octanol–water partition coefficient (Wildman–Crippen LogP) is 3.36. The highest BCUT2D eigenvalue weighted by Gasteiger charge is 2.10. The van der Waals surface area contributed by atoms with E-state index >= 15 is 0 Å². The lowest BCUT2D eigenvalue weighted by atomic mass is 10.2. The van der Waals surface area contributed by atoms with Crippen molar-refractivity contribution >= 4 is 23.7 Å². The average molecular weight is 413 g/mol. The summed E-state index contributed by atoms with van der Waals surface area (Å²) in [7, 11) is 1.56. The minimum absolute atomic E-state index is 0.0204. The van der Waals surface area contributed by atoms with Gasteiger partial charge in [0.05, 0.1) is 26.0 Å². The van der Waals surface area contributed by atoms with E-state index in [0.29, 0.717) is 29.5 Å². The number of hydrazone groups is 1. The molecule has 0 bridgehead atoms. The number of nitrogens with one attached hydrogen (secondary N) is 2. The molecule has 30 heavy (non-hydrogen) atoms. The normalized spacial score (nSPS) is 10.7. The predicted molar refractivity (Wildman–Crippen MR) is 115 cm³/mol. The van der Waals surface area contributed by atoms with Crippen molar-refractivity contribution in [1.29, 1.82) is 0 Å². The van der Waals surface area contributed by atoms with Crippen LogP contribution in [0.3, 0.4) is 0 Å². The molecular weight excluding hydrogens is 386 g/mol. The van der Waals surface area contributed by atoms with E-state index in [1.807, 2.05) is 20.8 Å². The molecule has 0 radical (unpaired) electrons. The molecule has 160 valence electrons. The molecule has 2 aromatic carbocycles. The Hall–Kier alpha value is -3.55. The molecule has 0 saturated carbocycles. The van der Waals surface area contributed by atoms with Gasteiger partial charge in [0, 0.05) is 5.69 Å². The van der Waals surface area contributed by atoms with Crippen molar-refractivity contribution in [2.45, 2.75) is 33.3 Å². The molecule has 2 amide bonds. The topological polar surface area (TPSA) is 98.2 Å². The van der Waals surface area contributed by atoms with Gasteiger partial charge in [0.2, 0.25) is 11.8 Å². The summed E-state index contributed by atoms with van der Waals surface area (Å²) in [6, 6.07) is 12.2. The molecule has 2 aromatic rings. The molecular formula is C22H27N3O5. The van der Waals surface area contributed by atoms with E-state index in [9.17, 15) is 9.59 Å². The Bertz CT molecular complexity index is 879. The van der Waals surface area contributed by atoms with Gasteiger partial charge in [-0.3, -0.25) is 9.59 Å². The molecule has 8 heteroatoms. The third-order valence-electron chi connectivity index (χ3n) is 3.73. The molecule has 0 saturated heterocycles. The summed E-state index contributed by atoms with van der Waals surface area (Å²) in [5.74, 6) is 0.948. The highest BCUT2D eigenvalue weighted by molar-refractivity contribution is 6.03. The van der Waals surface area contributed by atoms with Gasteiger partial charge in [0.15, 0.2) is 11.5 Å². The van der Waals surface area contributed by atoms with Crippen LogP contribution in [0.5, 0.6) is 17.2 Å². The number of amides is 2. The number of rotatable bonds is 10. The third-order valence-corrected chi connectivity index (χ3v) is 3.73. The second-order valence-corrected chi connectivity index (χ2v) is 6.55. The zero-order valence-corrected chi connectivity index (χ0v) is 17.6. The fourth-order valence-corrected chi connectivity index (χ4v) is 2.47. The zero-order valence-electron chi connectivity index (χ0n) is 17.6. The fourth-order valence-electron chi connectivity index (χ4n) is 2.47. The summed E-state index contributed by atoms with van der Waals surface area (Å²) in [6.45, 7) is 6.25. The minimum Gasteiger partial charge on any atom is -0.497 e. The van der Waals surface area contributed by atoms with E-state index in [2.05, 4.69) is 15.8 Å². The number of benzene rings is 2. The quantitative estimate of drug-likeness (QED) is 0.354. The largest absolute Gasteiger partial charge is 0.497 e. The van der Waals surface area contributed by atoms with Crippen LogP contribution in [0.1, 0.15) is 32.8 Å². The van der Waals surface area contributed by atoms with Crippen molar-refractivity contribution in [2.75, 3.05) is 19.0 Å². The Kier molecular flexibility index (Phi) is 8.68. The minimum atomic E-state index is -0.526. The van der Waals surface area contributed by atoms with Gasteiger partial charge >= 0.3 is 0 Å². The molecule has 8 nitrogen and oxygen atoms in total. The standard InChI is InChI=1S/C22H27N3O5/c1-5-29-20-12-16(6-11-19(20)30-15(2)3)14-23-25-22(27)13-21(26)24-17-7-9-18(28-4)10-8-17/h6-12,14-15H,5,13H2,1-4H3,(H,24,26)(H,25,27). The number of hydrogen-bond donors (Lipinski definition) is 2. The highest BCUT2D eigenvalue weighted by atomic mass is 16.5. The monoisotopic (exact) mass is 413 g/mol. The molecule has 0 unspecified atom stereocenters. The van der Waals surface area contributed by atoms with Crippen LogP contribution in [0.15, 0.2) is 47.6 Å². The molecule has 0 fully saturated rings. The maximum atomic E-state index is 12.0. The first-order valence-corrected chi connectivity index (χ1v) is 9.60. The van der Waals surface area contributed by atoms with Gasteiger partial charge in [0.1, 0.15) is 12.2 Å². The second-order valence-electron chi connectivity index (χ2n) is 6.55. The Morgan fingerprint density at radius 2 is 1.80 bits per heavy atom. The first kappa shape index (κ1) is 22.7. The summed E-state index contributed by atoms with van der Waals surface area (Å²) in [6.07, 6.45) is 1.14. The van der Waals surface area contributed by atoms with Gasteiger partial charge in [-0.2, -0.15) is 5.10 Å². The van der Waals surface area contributed by atoms with Crippen molar-refractivity contribution in [3.8, 4) is 17.2 Å². The first-order chi connectivity index (χ1) is 14.4. The number of methoxy groups -OCH3 is 1. The maximum absolute atomic E-state index is 12.0. The van der Waals surface area contributed by atoms with Crippen LogP contribution in [0.2, 0.25) is 0 Å². The summed E-state index contributed by atoms with van der Waals surface area (Å²) >= 11 is 0. The van der Waals surface area contributed by atoms with E-state index < -0.39 is 11.8 Å². The van der Waals surface area contributed by atoms with Gasteiger partial charge in [-0.25, -0.2) is 5.43 Å². The molecule has 0 spiro atoms. The highest BCUT2D eigenvalue weighted by Crippen LogP contribution is 2.28. The van der Waals surface area contributed by atoms with Gasteiger partial charge in [0.25, 0.3) is 0 Å². The summed E-state index contributed by atoms with van der Waals surface area (Å²) in [5.41, 5.74) is 3.64. The first-order valence-electron chi connectivity index (χ1n) is 9.60. The lowest BCUT2D eigenvalue weighted by molar-refractivity contribution is -0.126. The van der Waals surface area contributed by atoms with Crippen molar-refractivity contribution in [2.24, 2.45) is 5.10 Å². The Morgan fingerprint density at radius 1 is 1.07 bits per heavy atom. The van der Waals surface area contributed by atoms with E-state index in [0.717, 1.165) is 5.56 Å². The number of nitrogens with zero attached hydrogens (tertiary/aromatic N) is 1. The van der Waals surface area contributed by atoms with E-state index in [1.54, 1.807) is 49.6 Å². The maximum Gasteiger partial charge on any atom is 0.249 e. The van der Waals surface area contributed by atoms with Crippen LogP contribution in [0.4, 0.5) is 5.69 Å². The lowest BCUT2D eigenvalue weighted by Gasteiger charge is -2.14. The molecule has 0 aliphatic heterocycles. The second kappa shape index (κ2) is 11.5. The van der Waals surface area contributed by atoms with Crippen molar-refractivity contribution < 1.29 is 23.8 Å². The lowest BCUT2D eigenvalue weighted by Crippen LogP contribution is -2.24. The van der Waals surface area contributed by atoms with Gasteiger partial charge in [-0.15, -0.1) is 0 Å². The Morgan fingerprint density at radius 3 is 2.43 bits per heavy atom. The SMILES string of the molecule is CCOc1cc(C=NNC(=O)CC(=O)Nc2ccc(OC)cc2)ccc1OC(C)C. The number of carbonyl (C=O) groups excluding carboxylic acids is 2.